The third-order valence-electron chi connectivity index (χ3n) is 5.03. The number of nitrogens with one attached hydrogen (secondary N) is 1. The van der Waals surface area contributed by atoms with Crippen molar-refractivity contribution in [3.8, 4) is 11.8 Å². The molecule has 0 bridgehead atoms. The summed E-state index contributed by atoms with van der Waals surface area (Å²) in [7, 11) is 0. The van der Waals surface area contributed by atoms with Gasteiger partial charge in [-0.15, -0.1) is 11.3 Å². The van der Waals surface area contributed by atoms with Gasteiger partial charge in [0.05, 0.1) is 11.3 Å². The number of hydrogen-bond acceptors (Lipinski definition) is 7. The number of nitriles is 1. The molecular formula is C21H21N5O2S. The van der Waals surface area contributed by atoms with Crippen molar-refractivity contribution in [3.63, 3.8) is 0 Å². The van der Waals surface area contributed by atoms with Gasteiger partial charge in [0.15, 0.2) is 6.61 Å². The fourth-order valence-electron chi connectivity index (χ4n) is 3.57. The maximum absolute atomic E-state index is 12.7. The van der Waals surface area contributed by atoms with Crippen LogP contribution in [0.1, 0.15) is 18.4 Å². The van der Waals surface area contributed by atoms with E-state index in [2.05, 4.69) is 20.2 Å². The van der Waals surface area contributed by atoms with Gasteiger partial charge in [-0.05, 0) is 42.0 Å². The Morgan fingerprint density at radius 1 is 1.31 bits per heavy atom. The van der Waals surface area contributed by atoms with Gasteiger partial charge in [-0.3, -0.25) is 4.79 Å². The summed E-state index contributed by atoms with van der Waals surface area (Å²) in [6.07, 6.45) is 3.43. The molecule has 8 heteroatoms. The number of aromatic nitrogens is 2. The molecule has 1 aliphatic heterocycles. The SMILES string of the molecule is N#CCOc1ccc(CNC(=O)C2CCCN(c3ncnc4sccc34)C2)cc1. The van der Waals surface area contributed by atoms with Crippen molar-refractivity contribution in [2.24, 2.45) is 5.92 Å². The van der Waals surface area contributed by atoms with Gasteiger partial charge in [0.25, 0.3) is 0 Å². The van der Waals surface area contributed by atoms with E-state index in [1.165, 1.54) is 0 Å². The number of thiophene rings is 1. The zero-order valence-electron chi connectivity index (χ0n) is 15.9. The summed E-state index contributed by atoms with van der Waals surface area (Å²) in [6.45, 7) is 2.05. The van der Waals surface area contributed by atoms with Gasteiger partial charge in [-0.25, -0.2) is 9.97 Å². The van der Waals surface area contributed by atoms with Crippen LogP contribution in [-0.4, -0.2) is 35.6 Å². The molecule has 1 atom stereocenters. The van der Waals surface area contributed by atoms with Crippen molar-refractivity contribution in [2.75, 3.05) is 24.6 Å². The number of amides is 1. The molecule has 3 heterocycles. The third kappa shape index (κ3) is 4.46. The predicted octanol–water partition coefficient (Wildman–Crippen LogP) is 3.13. The Morgan fingerprint density at radius 3 is 3.00 bits per heavy atom. The van der Waals surface area contributed by atoms with E-state index in [1.807, 2.05) is 41.8 Å². The summed E-state index contributed by atoms with van der Waals surface area (Å²) < 4.78 is 5.25. The number of carbonyl (C=O) groups excluding carboxylic acids is 1. The lowest BCUT2D eigenvalue weighted by atomic mass is 9.97. The van der Waals surface area contributed by atoms with Crippen LogP contribution in [0, 0.1) is 17.2 Å². The Labute approximate surface area is 173 Å². The average molecular weight is 407 g/mol. The lowest BCUT2D eigenvalue weighted by Gasteiger charge is -2.33. The Morgan fingerprint density at radius 2 is 2.17 bits per heavy atom. The zero-order chi connectivity index (χ0) is 20.1. The number of rotatable bonds is 6. The van der Waals surface area contributed by atoms with Crippen molar-refractivity contribution in [3.05, 3.63) is 47.6 Å². The molecule has 2 aromatic heterocycles. The second kappa shape index (κ2) is 8.88. The molecule has 0 saturated carbocycles. The van der Waals surface area contributed by atoms with Crippen LogP contribution in [0.3, 0.4) is 0 Å². The van der Waals surface area contributed by atoms with E-state index in [1.54, 1.807) is 17.7 Å². The number of benzene rings is 1. The number of hydrogen-bond donors (Lipinski definition) is 1. The number of fused-ring (bicyclic) bond motifs is 1. The van der Waals surface area contributed by atoms with Crippen LogP contribution in [0.25, 0.3) is 10.2 Å². The number of carbonyl (C=O) groups is 1. The van der Waals surface area contributed by atoms with Crippen molar-refractivity contribution >= 4 is 33.3 Å². The molecule has 1 N–H and O–H groups in total. The van der Waals surface area contributed by atoms with Crippen LogP contribution in [0.5, 0.6) is 5.75 Å². The van der Waals surface area contributed by atoms with Crippen LogP contribution in [0.2, 0.25) is 0 Å². The fourth-order valence-corrected chi connectivity index (χ4v) is 4.29. The highest BCUT2D eigenvalue weighted by Crippen LogP contribution is 2.30. The van der Waals surface area contributed by atoms with Crippen LogP contribution in [-0.2, 0) is 11.3 Å². The van der Waals surface area contributed by atoms with E-state index in [9.17, 15) is 4.79 Å². The minimum Gasteiger partial charge on any atom is -0.479 e. The van der Waals surface area contributed by atoms with Crippen LogP contribution < -0.4 is 15.0 Å². The van der Waals surface area contributed by atoms with Crippen molar-refractivity contribution in [1.82, 2.24) is 15.3 Å². The Bertz CT molecular complexity index is 1030. The monoisotopic (exact) mass is 407 g/mol. The molecule has 1 aliphatic rings. The first kappa shape index (κ1) is 19.2. The standard InChI is InChI=1S/C21H21N5O2S/c22-8-10-28-17-5-3-15(4-6-17)12-23-20(27)16-2-1-9-26(13-16)19-18-7-11-29-21(18)25-14-24-19/h3-7,11,14,16H,1-2,9-10,12-13H2,(H,23,27). The number of anilines is 1. The normalized spacial score (nSPS) is 16.4. The summed E-state index contributed by atoms with van der Waals surface area (Å²) in [5.74, 6) is 1.57. The highest BCUT2D eigenvalue weighted by Gasteiger charge is 2.27. The van der Waals surface area contributed by atoms with Crippen LogP contribution in [0.4, 0.5) is 5.82 Å². The molecule has 0 radical (unpaired) electrons. The molecule has 1 fully saturated rings. The van der Waals surface area contributed by atoms with Gasteiger partial charge < -0.3 is 15.0 Å². The van der Waals surface area contributed by atoms with E-state index >= 15 is 0 Å². The van der Waals surface area contributed by atoms with Gasteiger partial charge >= 0.3 is 0 Å². The largest absolute Gasteiger partial charge is 0.479 e. The third-order valence-corrected chi connectivity index (χ3v) is 5.85. The maximum atomic E-state index is 12.7. The maximum Gasteiger partial charge on any atom is 0.225 e. The lowest BCUT2D eigenvalue weighted by molar-refractivity contribution is -0.125. The van der Waals surface area contributed by atoms with E-state index in [0.29, 0.717) is 18.8 Å². The average Bonchev–Trinajstić information content (AvgIpc) is 3.26. The second-order valence-corrected chi connectivity index (χ2v) is 7.82. The summed E-state index contributed by atoms with van der Waals surface area (Å²) in [6, 6.07) is 11.4. The zero-order valence-corrected chi connectivity index (χ0v) is 16.7. The molecule has 4 rings (SSSR count). The van der Waals surface area contributed by atoms with Gasteiger partial charge in [0.1, 0.15) is 28.8 Å². The Hall–Kier alpha value is -3.18. The minimum atomic E-state index is -0.0642. The van der Waals surface area contributed by atoms with E-state index in [-0.39, 0.29) is 18.4 Å². The highest BCUT2D eigenvalue weighted by molar-refractivity contribution is 7.16. The van der Waals surface area contributed by atoms with Gasteiger partial charge in [0.2, 0.25) is 5.91 Å². The number of nitrogens with zero attached hydrogens (tertiary/aromatic N) is 4. The van der Waals surface area contributed by atoms with E-state index in [4.69, 9.17) is 10.00 Å². The summed E-state index contributed by atoms with van der Waals surface area (Å²) in [5.41, 5.74) is 0.992. The van der Waals surface area contributed by atoms with Gasteiger partial charge in [-0.2, -0.15) is 5.26 Å². The predicted molar refractivity (Wildman–Crippen MR) is 112 cm³/mol. The fraction of sp³-hybridized carbons (Fsp3) is 0.333. The van der Waals surface area contributed by atoms with E-state index in [0.717, 1.165) is 41.0 Å². The highest BCUT2D eigenvalue weighted by atomic mass is 32.1. The molecule has 1 unspecified atom stereocenters. The molecule has 148 valence electrons. The molecule has 1 saturated heterocycles. The molecular weight excluding hydrogens is 386 g/mol. The topological polar surface area (TPSA) is 91.1 Å². The number of ether oxygens (including phenoxy) is 1. The van der Waals surface area contributed by atoms with Crippen molar-refractivity contribution < 1.29 is 9.53 Å². The van der Waals surface area contributed by atoms with Gasteiger partial charge in [-0.1, -0.05) is 12.1 Å². The summed E-state index contributed by atoms with van der Waals surface area (Å²) in [5, 5.41) is 14.7. The van der Waals surface area contributed by atoms with Crippen LogP contribution in [0.15, 0.2) is 42.0 Å². The molecule has 1 aromatic carbocycles. The summed E-state index contributed by atoms with van der Waals surface area (Å²) in [4.78, 5) is 24.7. The molecule has 0 aliphatic carbocycles. The Kier molecular flexibility index (Phi) is 5.86. The molecule has 1 amide bonds. The van der Waals surface area contributed by atoms with Gasteiger partial charge in [0, 0.05) is 19.6 Å². The molecule has 0 spiro atoms. The molecule has 7 nitrogen and oxygen atoms in total. The minimum absolute atomic E-state index is 0.0261. The van der Waals surface area contributed by atoms with Crippen LogP contribution >= 0.6 is 11.3 Å². The Balaban J connectivity index is 1.35. The quantitative estimate of drug-likeness (QED) is 0.675. The smallest absolute Gasteiger partial charge is 0.225 e. The summed E-state index contributed by atoms with van der Waals surface area (Å²) >= 11 is 1.60. The number of piperidine rings is 1. The van der Waals surface area contributed by atoms with Crippen molar-refractivity contribution in [1.29, 1.82) is 5.26 Å². The first-order valence-corrected chi connectivity index (χ1v) is 10.4. The first-order valence-electron chi connectivity index (χ1n) is 9.54. The van der Waals surface area contributed by atoms with E-state index < -0.39 is 0 Å². The first-order chi connectivity index (χ1) is 14.2. The van der Waals surface area contributed by atoms with Crippen molar-refractivity contribution in [2.45, 2.75) is 19.4 Å². The lowest BCUT2D eigenvalue weighted by Crippen LogP contribution is -2.43. The molecule has 29 heavy (non-hydrogen) atoms. The molecule has 3 aromatic rings. The second-order valence-electron chi connectivity index (χ2n) is 6.93.